The van der Waals surface area contributed by atoms with Gasteiger partial charge in [-0.15, -0.1) is 0 Å². The molecule has 1 aliphatic heterocycles. The number of aryl methyl sites for hydroxylation is 1. The largest absolute Gasteiger partial charge is 0.348 e. The summed E-state index contributed by atoms with van der Waals surface area (Å²) < 4.78 is 41.1. The predicted octanol–water partition coefficient (Wildman–Crippen LogP) is 8.00. The Balaban J connectivity index is 1.59. The van der Waals surface area contributed by atoms with Crippen molar-refractivity contribution in [2.24, 2.45) is 5.92 Å². The van der Waals surface area contributed by atoms with Gasteiger partial charge in [0.25, 0.3) is 0 Å². The maximum atomic E-state index is 14.7. The highest BCUT2D eigenvalue weighted by Gasteiger charge is 2.23. The van der Waals surface area contributed by atoms with Gasteiger partial charge in [0.15, 0.2) is 17.9 Å². The van der Waals surface area contributed by atoms with Crippen LogP contribution >= 0.6 is 0 Å². The Hall–Kier alpha value is -1.78. The Bertz CT molecular complexity index is 796. The van der Waals surface area contributed by atoms with Gasteiger partial charge in [-0.05, 0) is 30.4 Å². The first-order valence-electron chi connectivity index (χ1n) is 11.9. The van der Waals surface area contributed by atoms with Crippen LogP contribution in [-0.4, -0.2) is 13.2 Å². The molecule has 4 heteroatoms. The molecule has 0 amide bonds. The zero-order valence-electron chi connectivity index (χ0n) is 19.0. The zero-order valence-corrected chi connectivity index (χ0v) is 19.0. The molecule has 1 heterocycles. The van der Waals surface area contributed by atoms with E-state index in [1.54, 1.807) is 12.1 Å². The van der Waals surface area contributed by atoms with Crippen LogP contribution in [-0.2, 0) is 15.9 Å². The van der Waals surface area contributed by atoms with Crippen molar-refractivity contribution in [3.63, 3.8) is 0 Å². The smallest absolute Gasteiger partial charge is 0.183 e. The van der Waals surface area contributed by atoms with Crippen molar-refractivity contribution >= 4 is 0 Å². The van der Waals surface area contributed by atoms with E-state index in [0.29, 0.717) is 42.2 Å². The summed E-state index contributed by atoms with van der Waals surface area (Å²) >= 11 is 0. The summed E-state index contributed by atoms with van der Waals surface area (Å²) in [6.07, 6.45) is 9.20. The van der Waals surface area contributed by atoms with E-state index in [1.165, 1.54) is 19.3 Å². The van der Waals surface area contributed by atoms with E-state index in [-0.39, 0.29) is 6.29 Å². The van der Waals surface area contributed by atoms with E-state index >= 15 is 0 Å². The average molecular weight is 431 g/mol. The van der Waals surface area contributed by atoms with Crippen LogP contribution in [0.1, 0.15) is 82.6 Å². The van der Waals surface area contributed by atoms with Gasteiger partial charge in [0.05, 0.1) is 13.2 Å². The Morgan fingerprint density at radius 1 is 0.774 bits per heavy atom. The lowest BCUT2D eigenvalue weighted by Crippen LogP contribution is -2.27. The van der Waals surface area contributed by atoms with Crippen molar-refractivity contribution < 1.29 is 18.3 Å². The zero-order chi connectivity index (χ0) is 22.1. The third-order valence-corrected chi connectivity index (χ3v) is 6.14. The van der Waals surface area contributed by atoms with E-state index in [2.05, 4.69) is 13.8 Å². The molecule has 0 aromatic heterocycles. The van der Waals surface area contributed by atoms with E-state index in [0.717, 1.165) is 37.7 Å². The van der Waals surface area contributed by atoms with Gasteiger partial charge in [0.2, 0.25) is 0 Å². The normalized spacial score (nSPS) is 19.0. The highest BCUT2D eigenvalue weighted by Crippen LogP contribution is 2.31. The summed E-state index contributed by atoms with van der Waals surface area (Å²) in [4.78, 5) is 0. The second kappa shape index (κ2) is 12.3. The molecule has 31 heavy (non-hydrogen) atoms. The number of benzene rings is 2. The fraction of sp³-hybridized carbons (Fsp3) is 0.556. The van der Waals surface area contributed by atoms with Gasteiger partial charge >= 0.3 is 0 Å². The van der Waals surface area contributed by atoms with Gasteiger partial charge in [-0.25, -0.2) is 8.78 Å². The summed E-state index contributed by atoms with van der Waals surface area (Å²) in [6, 6.07) is 10.8. The minimum atomic E-state index is -0.763. The molecule has 3 rings (SSSR count). The quantitative estimate of drug-likeness (QED) is 0.336. The molecule has 0 aliphatic carbocycles. The molecule has 0 saturated carbocycles. The van der Waals surface area contributed by atoms with Gasteiger partial charge in [-0.2, -0.15) is 0 Å². The maximum absolute atomic E-state index is 14.7. The molecule has 1 fully saturated rings. The second-order valence-corrected chi connectivity index (χ2v) is 8.69. The number of unbranched alkanes of at least 4 members (excludes halogenated alkanes) is 5. The summed E-state index contributed by atoms with van der Waals surface area (Å²) in [6.45, 7) is 5.75. The van der Waals surface area contributed by atoms with Crippen molar-refractivity contribution in [1.29, 1.82) is 0 Å². The molecule has 0 atom stereocenters. The second-order valence-electron chi connectivity index (χ2n) is 8.69. The van der Waals surface area contributed by atoms with Crippen LogP contribution in [0.5, 0.6) is 0 Å². The fourth-order valence-corrected chi connectivity index (χ4v) is 4.15. The number of hydrogen-bond acceptors (Lipinski definition) is 2. The van der Waals surface area contributed by atoms with Gasteiger partial charge in [0.1, 0.15) is 0 Å². The van der Waals surface area contributed by atoms with Crippen molar-refractivity contribution in [1.82, 2.24) is 0 Å². The third kappa shape index (κ3) is 6.60. The minimum Gasteiger partial charge on any atom is -0.348 e. The SMILES string of the molecule is CCCCCCc1ccc(-c2ccc(C3OCC(CCCCC)CO3)cc2)c(F)c1F. The minimum absolute atomic E-state index is 0.294. The molecule has 0 bridgehead atoms. The highest BCUT2D eigenvalue weighted by atomic mass is 19.2. The predicted molar refractivity (Wildman–Crippen MR) is 122 cm³/mol. The van der Waals surface area contributed by atoms with Crippen molar-refractivity contribution in [3.05, 3.63) is 59.2 Å². The molecular formula is C27H36F2O2. The number of ether oxygens (including phenoxy) is 2. The maximum Gasteiger partial charge on any atom is 0.183 e. The topological polar surface area (TPSA) is 18.5 Å². The van der Waals surface area contributed by atoms with Crippen LogP contribution in [0.2, 0.25) is 0 Å². The summed E-state index contributed by atoms with van der Waals surface area (Å²) in [7, 11) is 0. The molecule has 0 spiro atoms. The standard InChI is InChI=1S/C27H36F2O2/c1-3-5-7-9-11-22-16-17-24(26(29)25(22)28)21-12-14-23(15-13-21)27-30-18-20(19-31-27)10-8-6-4-2/h12-17,20,27H,3-11,18-19H2,1-2H3. The highest BCUT2D eigenvalue weighted by molar-refractivity contribution is 5.65. The fourth-order valence-electron chi connectivity index (χ4n) is 4.15. The van der Waals surface area contributed by atoms with Crippen LogP contribution < -0.4 is 0 Å². The number of hydrogen-bond donors (Lipinski definition) is 0. The van der Waals surface area contributed by atoms with E-state index in [9.17, 15) is 8.78 Å². The molecule has 1 aliphatic rings. The van der Waals surface area contributed by atoms with Crippen LogP contribution in [0.4, 0.5) is 8.78 Å². The Morgan fingerprint density at radius 3 is 2.13 bits per heavy atom. The summed E-state index contributed by atoms with van der Waals surface area (Å²) in [5.74, 6) is -1.02. The lowest BCUT2D eigenvalue weighted by Gasteiger charge is -2.29. The van der Waals surface area contributed by atoms with E-state index in [4.69, 9.17) is 9.47 Å². The lowest BCUT2D eigenvalue weighted by molar-refractivity contribution is -0.206. The molecule has 2 aromatic rings. The van der Waals surface area contributed by atoms with E-state index in [1.807, 2.05) is 24.3 Å². The van der Waals surface area contributed by atoms with Crippen molar-refractivity contribution in [2.45, 2.75) is 77.9 Å². The van der Waals surface area contributed by atoms with Crippen LogP contribution in [0.15, 0.2) is 36.4 Å². The lowest BCUT2D eigenvalue weighted by atomic mass is 9.98. The van der Waals surface area contributed by atoms with Crippen LogP contribution in [0.25, 0.3) is 11.1 Å². The molecule has 170 valence electrons. The molecule has 2 aromatic carbocycles. The molecular weight excluding hydrogens is 394 g/mol. The van der Waals surface area contributed by atoms with Crippen molar-refractivity contribution in [3.8, 4) is 11.1 Å². The summed E-state index contributed by atoms with van der Waals surface area (Å²) in [5, 5.41) is 0. The van der Waals surface area contributed by atoms with Crippen molar-refractivity contribution in [2.75, 3.05) is 13.2 Å². The molecule has 1 saturated heterocycles. The third-order valence-electron chi connectivity index (χ3n) is 6.14. The Kier molecular flexibility index (Phi) is 9.48. The van der Waals surface area contributed by atoms with Gasteiger partial charge < -0.3 is 9.47 Å². The first-order valence-corrected chi connectivity index (χ1v) is 11.9. The molecule has 2 nitrogen and oxygen atoms in total. The number of rotatable bonds is 11. The Morgan fingerprint density at radius 2 is 1.45 bits per heavy atom. The monoisotopic (exact) mass is 430 g/mol. The molecule has 0 radical (unpaired) electrons. The Labute approximate surface area is 186 Å². The van der Waals surface area contributed by atoms with Gasteiger partial charge in [0, 0.05) is 17.0 Å². The number of halogens is 2. The van der Waals surface area contributed by atoms with Crippen LogP contribution in [0.3, 0.4) is 0 Å². The van der Waals surface area contributed by atoms with Crippen LogP contribution in [0, 0.1) is 17.6 Å². The van der Waals surface area contributed by atoms with Gasteiger partial charge in [-0.1, -0.05) is 88.8 Å². The first-order chi connectivity index (χ1) is 15.1. The first kappa shape index (κ1) is 23.9. The van der Waals surface area contributed by atoms with Gasteiger partial charge in [-0.3, -0.25) is 0 Å². The molecule has 0 unspecified atom stereocenters. The molecule has 0 N–H and O–H groups in total. The average Bonchev–Trinajstić information content (AvgIpc) is 2.80. The van der Waals surface area contributed by atoms with E-state index < -0.39 is 11.6 Å². The summed E-state index contributed by atoms with van der Waals surface area (Å²) in [5.41, 5.74) is 2.32.